The Morgan fingerprint density at radius 1 is 0.591 bits per heavy atom. The molecular formula is C40H66N2O2. The highest BCUT2D eigenvalue weighted by Gasteiger charge is 2.35. The minimum atomic E-state index is -0.102. The number of hydrogen-bond donors (Lipinski definition) is 2. The van der Waals surface area contributed by atoms with Crippen molar-refractivity contribution in [3.8, 4) is 11.5 Å². The predicted molar refractivity (Wildman–Crippen MR) is 189 cm³/mol. The van der Waals surface area contributed by atoms with Crippen molar-refractivity contribution in [3.63, 3.8) is 0 Å². The highest BCUT2D eigenvalue weighted by molar-refractivity contribution is 5.53. The summed E-state index contributed by atoms with van der Waals surface area (Å²) in [5, 5.41) is 22.9. The summed E-state index contributed by atoms with van der Waals surface area (Å²) >= 11 is 0. The SMILES string of the molecule is Cc1cc(C(C)(C)CC(C)(C)C)c(O)c(C)c1CN1CCN(Cc2c(C)cc(C(C)(C)CC(C)(C)C)c(O)c2C)C(C)C1C. The second-order valence-electron chi connectivity index (χ2n) is 18.1. The summed E-state index contributed by atoms with van der Waals surface area (Å²) in [5.41, 5.74) is 9.42. The van der Waals surface area contributed by atoms with E-state index in [0.29, 0.717) is 23.6 Å². The van der Waals surface area contributed by atoms with E-state index in [2.05, 4.69) is 133 Å². The van der Waals surface area contributed by atoms with Gasteiger partial charge in [0.15, 0.2) is 0 Å². The molecule has 0 aromatic heterocycles. The molecule has 1 aliphatic heterocycles. The van der Waals surface area contributed by atoms with E-state index in [0.717, 1.165) is 61.3 Å². The van der Waals surface area contributed by atoms with E-state index in [1.54, 1.807) is 0 Å². The van der Waals surface area contributed by atoms with Crippen molar-refractivity contribution in [2.24, 2.45) is 10.8 Å². The predicted octanol–water partition coefficient (Wildman–Crippen LogP) is 9.85. The summed E-state index contributed by atoms with van der Waals surface area (Å²) in [4.78, 5) is 5.18. The first-order valence-electron chi connectivity index (χ1n) is 17.0. The fraction of sp³-hybridized carbons (Fsp3) is 0.700. The molecule has 2 atom stereocenters. The molecule has 0 saturated carbocycles. The number of aryl methyl sites for hydroxylation is 2. The topological polar surface area (TPSA) is 46.9 Å². The van der Waals surface area contributed by atoms with Crippen molar-refractivity contribution in [1.29, 1.82) is 0 Å². The molecule has 1 saturated heterocycles. The van der Waals surface area contributed by atoms with Gasteiger partial charge in [-0.1, -0.05) is 81.4 Å². The Bertz CT molecular complexity index is 1240. The van der Waals surface area contributed by atoms with Crippen LogP contribution in [0.1, 0.15) is 140 Å². The van der Waals surface area contributed by atoms with Crippen LogP contribution in [0.4, 0.5) is 0 Å². The molecule has 1 fully saturated rings. The molecule has 0 radical (unpaired) electrons. The van der Waals surface area contributed by atoms with Gasteiger partial charge in [0, 0.05) is 49.4 Å². The van der Waals surface area contributed by atoms with Crippen molar-refractivity contribution in [1.82, 2.24) is 9.80 Å². The lowest BCUT2D eigenvalue weighted by molar-refractivity contribution is 0.0255. The molecule has 2 aromatic rings. The van der Waals surface area contributed by atoms with Crippen LogP contribution in [0, 0.1) is 38.5 Å². The van der Waals surface area contributed by atoms with Crippen LogP contribution >= 0.6 is 0 Å². The van der Waals surface area contributed by atoms with Crippen molar-refractivity contribution in [3.05, 3.63) is 56.6 Å². The van der Waals surface area contributed by atoms with E-state index in [9.17, 15) is 10.2 Å². The van der Waals surface area contributed by atoms with E-state index < -0.39 is 0 Å². The highest BCUT2D eigenvalue weighted by Crippen LogP contribution is 2.44. The van der Waals surface area contributed by atoms with Gasteiger partial charge in [0.25, 0.3) is 0 Å². The van der Waals surface area contributed by atoms with Crippen molar-refractivity contribution in [2.75, 3.05) is 13.1 Å². The summed E-state index contributed by atoms with van der Waals surface area (Å²) < 4.78 is 0. The Kier molecular flexibility index (Phi) is 10.5. The molecule has 0 amide bonds. The molecule has 2 aromatic carbocycles. The van der Waals surface area contributed by atoms with E-state index >= 15 is 0 Å². The average molecular weight is 607 g/mol. The lowest BCUT2D eigenvalue weighted by Gasteiger charge is -2.46. The third-order valence-electron chi connectivity index (χ3n) is 10.4. The van der Waals surface area contributed by atoms with Gasteiger partial charge >= 0.3 is 0 Å². The summed E-state index contributed by atoms with van der Waals surface area (Å²) in [5.74, 6) is 0.943. The summed E-state index contributed by atoms with van der Waals surface area (Å²) in [6, 6.07) is 5.22. The lowest BCUT2D eigenvalue weighted by Crippen LogP contribution is -2.56. The lowest BCUT2D eigenvalue weighted by atomic mass is 9.71. The quantitative estimate of drug-likeness (QED) is 0.314. The third kappa shape index (κ3) is 8.02. The van der Waals surface area contributed by atoms with Gasteiger partial charge in [-0.15, -0.1) is 0 Å². The number of phenolic OH excluding ortho intramolecular Hbond substituents is 2. The van der Waals surface area contributed by atoms with Crippen LogP contribution in [0.3, 0.4) is 0 Å². The molecule has 4 nitrogen and oxygen atoms in total. The van der Waals surface area contributed by atoms with Crippen LogP contribution in [0.2, 0.25) is 0 Å². The van der Waals surface area contributed by atoms with Gasteiger partial charge in [-0.2, -0.15) is 0 Å². The Balaban J connectivity index is 1.81. The Morgan fingerprint density at radius 3 is 1.16 bits per heavy atom. The highest BCUT2D eigenvalue weighted by atomic mass is 16.3. The number of rotatable bonds is 8. The monoisotopic (exact) mass is 607 g/mol. The van der Waals surface area contributed by atoms with Crippen LogP contribution < -0.4 is 0 Å². The Hall–Kier alpha value is -2.04. The minimum absolute atomic E-state index is 0.102. The molecular weight excluding hydrogens is 540 g/mol. The van der Waals surface area contributed by atoms with Gasteiger partial charge in [-0.05, 0) is 109 Å². The average Bonchev–Trinajstić information content (AvgIpc) is 2.84. The van der Waals surface area contributed by atoms with Gasteiger partial charge < -0.3 is 10.2 Å². The second kappa shape index (κ2) is 12.6. The first-order valence-corrected chi connectivity index (χ1v) is 17.0. The molecule has 44 heavy (non-hydrogen) atoms. The van der Waals surface area contributed by atoms with Crippen molar-refractivity contribution >= 4 is 0 Å². The third-order valence-corrected chi connectivity index (χ3v) is 10.4. The van der Waals surface area contributed by atoms with Gasteiger partial charge in [0.1, 0.15) is 11.5 Å². The number of phenols is 2. The first-order chi connectivity index (χ1) is 19.9. The zero-order valence-electron chi connectivity index (χ0n) is 31.3. The minimum Gasteiger partial charge on any atom is -0.507 e. The van der Waals surface area contributed by atoms with Gasteiger partial charge in [-0.25, -0.2) is 0 Å². The zero-order chi connectivity index (χ0) is 33.7. The number of piperazine rings is 1. The standard InChI is InChI=1S/C40H66N2O2/c1-25-19-33(39(13,14)23-37(7,8)9)35(43)27(3)31(25)21-41-17-18-42(30(6)29(41)5)22-32-26(2)20-34(36(44)28(32)4)40(15,16)24-38(10,11)12/h19-20,29-30,43-44H,17-18,21-24H2,1-16H3. The van der Waals surface area contributed by atoms with Gasteiger partial charge in [0.05, 0.1) is 0 Å². The maximum atomic E-state index is 11.4. The second-order valence-corrected chi connectivity index (χ2v) is 18.1. The van der Waals surface area contributed by atoms with Crippen LogP contribution in [0.15, 0.2) is 12.1 Å². The van der Waals surface area contributed by atoms with Gasteiger partial charge in [0.2, 0.25) is 0 Å². The molecule has 2 unspecified atom stereocenters. The fourth-order valence-electron chi connectivity index (χ4n) is 8.51. The first kappa shape index (κ1) is 36.4. The van der Waals surface area contributed by atoms with Crippen molar-refractivity contribution < 1.29 is 10.2 Å². The van der Waals surface area contributed by atoms with E-state index in [4.69, 9.17) is 0 Å². The summed E-state index contributed by atoms with van der Waals surface area (Å²) in [6.07, 6.45) is 2.02. The van der Waals surface area contributed by atoms with E-state index in [1.165, 1.54) is 22.3 Å². The molecule has 1 heterocycles. The fourth-order valence-corrected chi connectivity index (χ4v) is 8.51. The van der Waals surface area contributed by atoms with E-state index in [1.807, 2.05) is 0 Å². The van der Waals surface area contributed by atoms with Crippen LogP contribution in [0.25, 0.3) is 0 Å². The molecule has 2 N–H and O–H groups in total. The van der Waals surface area contributed by atoms with Crippen LogP contribution in [-0.2, 0) is 23.9 Å². The Labute approximate surface area is 271 Å². The molecule has 1 aliphatic rings. The van der Waals surface area contributed by atoms with E-state index in [-0.39, 0.29) is 21.7 Å². The normalized spacial score (nSPS) is 19.5. The number of hydrogen-bond acceptors (Lipinski definition) is 4. The maximum Gasteiger partial charge on any atom is 0.122 e. The smallest absolute Gasteiger partial charge is 0.122 e. The summed E-state index contributed by atoms with van der Waals surface area (Å²) in [7, 11) is 0. The Morgan fingerprint density at radius 2 is 0.886 bits per heavy atom. The summed E-state index contributed by atoms with van der Waals surface area (Å²) in [6.45, 7) is 39.7. The molecule has 0 aliphatic carbocycles. The number of benzene rings is 2. The number of nitrogens with zero attached hydrogens (tertiary/aromatic N) is 2. The molecule has 3 rings (SSSR count). The molecule has 248 valence electrons. The van der Waals surface area contributed by atoms with Crippen LogP contribution in [0.5, 0.6) is 11.5 Å². The number of aromatic hydroxyl groups is 2. The zero-order valence-corrected chi connectivity index (χ0v) is 31.3. The molecule has 0 spiro atoms. The maximum absolute atomic E-state index is 11.4. The largest absolute Gasteiger partial charge is 0.507 e. The van der Waals surface area contributed by atoms with Crippen molar-refractivity contribution in [2.45, 2.75) is 160 Å². The molecule has 0 bridgehead atoms. The van der Waals surface area contributed by atoms with Gasteiger partial charge in [-0.3, -0.25) is 9.80 Å². The molecule has 4 heteroatoms. The van der Waals surface area contributed by atoms with Crippen LogP contribution in [-0.4, -0.2) is 45.2 Å².